The first-order valence-electron chi connectivity index (χ1n) is 8.02. The summed E-state index contributed by atoms with van der Waals surface area (Å²) in [5.41, 5.74) is 2.67. The van der Waals surface area contributed by atoms with Gasteiger partial charge in [0, 0.05) is 37.7 Å². The first-order chi connectivity index (χ1) is 10.2. The number of hydrogen-bond acceptors (Lipinski definition) is 6. The molecule has 21 heavy (non-hydrogen) atoms. The lowest BCUT2D eigenvalue weighted by Gasteiger charge is -2.44. The Morgan fingerprint density at radius 2 is 2.10 bits per heavy atom. The topological polar surface area (TPSA) is 70.3 Å². The molecule has 0 spiro atoms. The SMILES string of the molecule is CC(C)c1nc(NN)cc(N2CCN3CCCCC3C2)n1. The second kappa shape index (κ2) is 6.15. The minimum absolute atomic E-state index is 0.299. The summed E-state index contributed by atoms with van der Waals surface area (Å²) in [6, 6.07) is 2.64. The average molecular weight is 290 g/mol. The van der Waals surface area contributed by atoms with E-state index in [1.165, 1.54) is 25.8 Å². The van der Waals surface area contributed by atoms with E-state index in [-0.39, 0.29) is 0 Å². The molecule has 1 atom stereocenters. The van der Waals surface area contributed by atoms with E-state index in [9.17, 15) is 0 Å². The molecular weight excluding hydrogens is 264 g/mol. The van der Waals surface area contributed by atoms with E-state index < -0.39 is 0 Å². The molecular formula is C15H26N6. The first-order valence-corrected chi connectivity index (χ1v) is 8.02. The molecule has 1 aromatic rings. The van der Waals surface area contributed by atoms with Crippen LogP contribution in [-0.2, 0) is 0 Å². The number of fused-ring (bicyclic) bond motifs is 1. The van der Waals surface area contributed by atoms with Gasteiger partial charge in [-0.25, -0.2) is 15.8 Å². The number of aromatic nitrogens is 2. The molecule has 1 aromatic heterocycles. The van der Waals surface area contributed by atoms with E-state index in [4.69, 9.17) is 10.8 Å². The van der Waals surface area contributed by atoms with E-state index in [1.54, 1.807) is 0 Å². The zero-order valence-corrected chi connectivity index (χ0v) is 13.0. The van der Waals surface area contributed by atoms with Gasteiger partial charge in [-0.05, 0) is 19.4 Å². The van der Waals surface area contributed by atoms with Gasteiger partial charge >= 0.3 is 0 Å². The molecule has 3 heterocycles. The maximum absolute atomic E-state index is 5.56. The molecule has 0 bridgehead atoms. The number of nitrogens with zero attached hydrogens (tertiary/aromatic N) is 4. The van der Waals surface area contributed by atoms with Gasteiger partial charge in [-0.15, -0.1) is 0 Å². The number of piperidine rings is 1. The van der Waals surface area contributed by atoms with Crippen LogP contribution in [0.5, 0.6) is 0 Å². The van der Waals surface area contributed by atoms with Crippen LogP contribution < -0.4 is 16.2 Å². The van der Waals surface area contributed by atoms with E-state index in [1.807, 2.05) is 6.07 Å². The molecule has 0 saturated carbocycles. The Hall–Kier alpha value is -1.40. The highest BCUT2D eigenvalue weighted by Gasteiger charge is 2.29. The summed E-state index contributed by atoms with van der Waals surface area (Å²) in [6.45, 7) is 8.72. The van der Waals surface area contributed by atoms with Crippen LogP contribution in [0.15, 0.2) is 6.07 Å². The van der Waals surface area contributed by atoms with Gasteiger partial charge in [-0.2, -0.15) is 0 Å². The van der Waals surface area contributed by atoms with Crippen LogP contribution >= 0.6 is 0 Å². The summed E-state index contributed by atoms with van der Waals surface area (Å²) in [5.74, 6) is 8.42. The summed E-state index contributed by atoms with van der Waals surface area (Å²) in [7, 11) is 0. The summed E-state index contributed by atoms with van der Waals surface area (Å²) >= 11 is 0. The number of anilines is 2. The van der Waals surface area contributed by atoms with Crippen molar-refractivity contribution in [1.82, 2.24) is 14.9 Å². The largest absolute Gasteiger partial charge is 0.354 e. The number of nitrogens with two attached hydrogens (primary N) is 1. The zero-order chi connectivity index (χ0) is 14.8. The normalized spacial score (nSPS) is 23.2. The number of nitrogen functional groups attached to an aromatic ring is 1. The Morgan fingerprint density at radius 3 is 2.86 bits per heavy atom. The molecule has 2 fully saturated rings. The number of nitrogens with one attached hydrogen (secondary N) is 1. The minimum atomic E-state index is 0.299. The number of hydrazine groups is 1. The predicted molar refractivity (Wildman–Crippen MR) is 85.4 cm³/mol. The van der Waals surface area contributed by atoms with Crippen molar-refractivity contribution in [2.45, 2.75) is 45.1 Å². The first kappa shape index (κ1) is 14.5. The van der Waals surface area contributed by atoms with Crippen molar-refractivity contribution in [2.24, 2.45) is 5.84 Å². The van der Waals surface area contributed by atoms with E-state index >= 15 is 0 Å². The minimum Gasteiger partial charge on any atom is -0.354 e. The predicted octanol–water partition coefficient (Wildman–Crippen LogP) is 1.56. The van der Waals surface area contributed by atoms with Crippen LogP contribution in [0.1, 0.15) is 44.9 Å². The second-order valence-corrected chi connectivity index (χ2v) is 6.40. The number of piperazine rings is 1. The fourth-order valence-electron chi connectivity index (χ4n) is 3.31. The molecule has 0 aromatic carbocycles. The smallest absolute Gasteiger partial charge is 0.145 e. The van der Waals surface area contributed by atoms with Crippen molar-refractivity contribution >= 4 is 11.6 Å². The van der Waals surface area contributed by atoms with Crippen molar-refractivity contribution in [3.05, 3.63) is 11.9 Å². The second-order valence-electron chi connectivity index (χ2n) is 6.40. The zero-order valence-electron chi connectivity index (χ0n) is 13.0. The van der Waals surface area contributed by atoms with E-state index in [0.717, 1.165) is 31.3 Å². The molecule has 6 nitrogen and oxygen atoms in total. The highest BCUT2D eigenvalue weighted by Crippen LogP contribution is 2.26. The summed E-state index contributed by atoms with van der Waals surface area (Å²) < 4.78 is 0. The summed E-state index contributed by atoms with van der Waals surface area (Å²) in [4.78, 5) is 14.2. The molecule has 2 saturated heterocycles. The van der Waals surface area contributed by atoms with Gasteiger partial charge in [0.15, 0.2) is 0 Å². The Bertz CT molecular complexity index is 489. The van der Waals surface area contributed by atoms with Crippen LogP contribution in [0.2, 0.25) is 0 Å². The van der Waals surface area contributed by atoms with Crippen LogP contribution in [0, 0.1) is 0 Å². The van der Waals surface area contributed by atoms with Gasteiger partial charge in [0.2, 0.25) is 0 Å². The molecule has 0 radical (unpaired) electrons. The standard InChI is InChI=1S/C15H26N6/c1-11(2)15-17-13(19-16)9-14(18-15)21-8-7-20-6-4-3-5-12(20)10-21/h9,11-12H,3-8,10,16H2,1-2H3,(H,17,18,19). The van der Waals surface area contributed by atoms with Crippen LogP contribution in [0.25, 0.3) is 0 Å². The lowest BCUT2D eigenvalue weighted by molar-refractivity contribution is 0.133. The molecule has 0 aliphatic carbocycles. The molecule has 2 aliphatic heterocycles. The maximum atomic E-state index is 5.56. The van der Waals surface area contributed by atoms with Crippen molar-refractivity contribution < 1.29 is 0 Å². The summed E-state index contributed by atoms with van der Waals surface area (Å²) in [6.07, 6.45) is 4.01. The third-order valence-electron chi connectivity index (χ3n) is 4.56. The summed E-state index contributed by atoms with van der Waals surface area (Å²) in [5, 5.41) is 0. The fourth-order valence-corrected chi connectivity index (χ4v) is 3.31. The highest BCUT2D eigenvalue weighted by molar-refractivity contribution is 5.49. The van der Waals surface area contributed by atoms with Crippen molar-refractivity contribution in [2.75, 3.05) is 36.5 Å². The highest BCUT2D eigenvalue weighted by atomic mass is 15.3. The van der Waals surface area contributed by atoms with Crippen molar-refractivity contribution in [1.29, 1.82) is 0 Å². The molecule has 1 unspecified atom stereocenters. The van der Waals surface area contributed by atoms with Crippen molar-refractivity contribution in [3.8, 4) is 0 Å². The Morgan fingerprint density at radius 1 is 1.24 bits per heavy atom. The molecule has 3 N–H and O–H groups in total. The lowest BCUT2D eigenvalue weighted by atomic mass is 9.99. The molecule has 116 valence electrons. The Labute approximate surface area is 126 Å². The maximum Gasteiger partial charge on any atom is 0.145 e. The molecule has 3 rings (SSSR count). The van der Waals surface area contributed by atoms with E-state index in [0.29, 0.717) is 17.8 Å². The Kier molecular flexibility index (Phi) is 4.26. The average Bonchev–Trinajstić information content (AvgIpc) is 2.53. The monoisotopic (exact) mass is 290 g/mol. The quantitative estimate of drug-likeness (QED) is 0.650. The third-order valence-corrected chi connectivity index (χ3v) is 4.56. The van der Waals surface area contributed by atoms with E-state index in [2.05, 4.69) is 34.1 Å². The van der Waals surface area contributed by atoms with Crippen molar-refractivity contribution in [3.63, 3.8) is 0 Å². The number of hydrogen-bond donors (Lipinski definition) is 2. The molecule has 2 aliphatic rings. The molecule has 6 heteroatoms. The van der Waals surface area contributed by atoms with Crippen LogP contribution in [0.3, 0.4) is 0 Å². The van der Waals surface area contributed by atoms with Gasteiger partial charge in [0.05, 0.1) is 0 Å². The van der Waals surface area contributed by atoms with Crippen LogP contribution in [0.4, 0.5) is 11.6 Å². The molecule has 0 amide bonds. The fraction of sp³-hybridized carbons (Fsp3) is 0.733. The third kappa shape index (κ3) is 3.11. The Balaban J connectivity index is 1.81. The lowest BCUT2D eigenvalue weighted by Crippen LogP contribution is -2.55. The van der Waals surface area contributed by atoms with Gasteiger partial charge in [-0.1, -0.05) is 20.3 Å². The van der Waals surface area contributed by atoms with Gasteiger partial charge in [-0.3, -0.25) is 4.90 Å². The van der Waals surface area contributed by atoms with Crippen LogP contribution in [-0.4, -0.2) is 47.1 Å². The number of rotatable bonds is 3. The van der Waals surface area contributed by atoms with Gasteiger partial charge in [0.25, 0.3) is 0 Å². The van der Waals surface area contributed by atoms with Gasteiger partial charge < -0.3 is 10.3 Å². The van der Waals surface area contributed by atoms with Gasteiger partial charge in [0.1, 0.15) is 17.5 Å².